The number of thiophene rings is 1. The molecular weight excluding hydrogens is 374 g/mol. The molecule has 5 rings (SSSR count). The second-order valence-corrected chi connectivity index (χ2v) is 8.69. The van der Waals surface area contributed by atoms with Crippen LogP contribution in [-0.4, -0.2) is 54.0 Å². The van der Waals surface area contributed by atoms with E-state index < -0.39 is 0 Å². The van der Waals surface area contributed by atoms with Gasteiger partial charge in [-0.2, -0.15) is 0 Å². The molecule has 2 aliphatic rings. The number of aromatic nitrogens is 3. The number of hydrogen-bond acceptors (Lipinski definition) is 7. The summed E-state index contributed by atoms with van der Waals surface area (Å²) in [5.41, 5.74) is 3.93. The van der Waals surface area contributed by atoms with Crippen molar-refractivity contribution in [1.29, 1.82) is 0 Å². The van der Waals surface area contributed by atoms with Crippen molar-refractivity contribution >= 4 is 43.4 Å². The molecule has 28 heavy (non-hydrogen) atoms. The fourth-order valence-electron chi connectivity index (χ4n) is 4.34. The van der Waals surface area contributed by atoms with Crippen LogP contribution in [0.1, 0.15) is 30.9 Å². The van der Waals surface area contributed by atoms with Crippen LogP contribution in [0.15, 0.2) is 6.33 Å². The molecule has 148 valence electrons. The summed E-state index contributed by atoms with van der Waals surface area (Å²) >= 11 is 1.71. The number of nitrogens with zero attached hydrogens (tertiary/aromatic N) is 3. The van der Waals surface area contributed by atoms with Gasteiger partial charge in [0.1, 0.15) is 29.9 Å². The lowest BCUT2D eigenvalue weighted by Crippen LogP contribution is -2.40. The molecule has 0 spiro atoms. The fraction of sp³-hybridized carbons (Fsp3) is 0.550. The zero-order chi connectivity index (χ0) is 19.1. The van der Waals surface area contributed by atoms with Crippen molar-refractivity contribution < 1.29 is 14.8 Å². The molecular formula is C20H26N5O2S+. The molecule has 0 radical (unpaired) electrons. The number of hydrogen-bond donors (Lipinski definition) is 2. The lowest BCUT2D eigenvalue weighted by atomic mass is 9.90. The first-order valence-electron chi connectivity index (χ1n) is 10.1. The largest absolute Gasteiger partial charge is 0.394 e. The van der Waals surface area contributed by atoms with Gasteiger partial charge in [0.15, 0.2) is 4.83 Å². The Kier molecular flexibility index (Phi) is 4.78. The van der Waals surface area contributed by atoms with E-state index >= 15 is 0 Å². The average Bonchev–Trinajstić information content (AvgIpc) is 3.13. The molecule has 3 aromatic rings. The summed E-state index contributed by atoms with van der Waals surface area (Å²) in [6.07, 6.45) is 6.31. The molecule has 1 aliphatic heterocycles. The number of ether oxygens (including phenoxy) is 1. The van der Waals surface area contributed by atoms with Gasteiger partial charge in [0.2, 0.25) is 0 Å². The predicted octanol–water partition coefficient (Wildman–Crippen LogP) is 2.17. The van der Waals surface area contributed by atoms with E-state index in [0.29, 0.717) is 0 Å². The Hall–Kier alpha value is -2.03. The number of aromatic amines is 1. The third-order valence-corrected chi connectivity index (χ3v) is 6.84. The maximum absolute atomic E-state index is 9.42. The van der Waals surface area contributed by atoms with Gasteiger partial charge in [0.05, 0.1) is 30.7 Å². The lowest BCUT2D eigenvalue weighted by Gasteiger charge is -2.25. The van der Waals surface area contributed by atoms with Crippen molar-refractivity contribution in [1.82, 2.24) is 9.97 Å². The van der Waals surface area contributed by atoms with Crippen LogP contribution in [0.3, 0.4) is 0 Å². The molecule has 1 aliphatic carbocycles. The Bertz CT molecular complexity index is 1010. The highest BCUT2D eigenvalue weighted by Crippen LogP contribution is 2.41. The minimum absolute atomic E-state index is 0.0508. The number of H-pyrrole nitrogens is 1. The van der Waals surface area contributed by atoms with E-state index in [2.05, 4.69) is 25.2 Å². The standard InChI is InChI=1S/C20H25N5O2S/c1-12(10-26)23-18-17-16(21-11-22-18)15-13-4-2-3-5-14(13)19(24-20(15)28-17)25-6-8-27-9-7-25/h11-12,26H,2-10H2,1H3,(H,21,22,23)/p+1/t12-/m0/s1. The Labute approximate surface area is 167 Å². The smallest absolute Gasteiger partial charge is 0.279 e. The highest BCUT2D eigenvalue weighted by atomic mass is 32.1. The van der Waals surface area contributed by atoms with E-state index in [0.717, 1.165) is 60.0 Å². The summed E-state index contributed by atoms with van der Waals surface area (Å²) in [5.74, 6) is 2.07. The van der Waals surface area contributed by atoms with Gasteiger partial charge < -0.3 is 15.2 Å². The van der Waals surface area contributed by atoms with Crippen LogP contribution in [0, 0.1) is 0 Å². The molecule has 8 heteroatoms. The maximum Gasteiger partial charge on any atom is 0.279 e. The molecule has 1 saturated heterocycles. The monoisotopic (exact) mass is 400 g/mol. The second kappa shape index (κ2) is 7.42. The molecule has 3 N–H and O–H groups in total. The Morgan fingerprint density at radius 1 is 1.25 bits per heavy atom. The van der Waals surface area contributed by atoms with Gasteiger partial charge in [-0.05, 0) is 38.2 Å². The van der Waals surface area contributed by atoms with E-state index in [9.17, 15) is 5.11 Å². The molecule has 0 bridgehead atoms. The van der Waals surface area contributed by atoms with E-state index in [4.69, 9.17) is 4.74 Å². The summed E-state index contributed by atoms with van der Waals surface area (Å²) in [4.78, 5) is 16.5. The topological polar surface area (TPSA) is 84.7 Å². The molecule has 7 nitrogen and oxygen atoms in total. The first kappa shape index (κ1) is 18.0. The highest BCUT2D eigenvalue weighted by molar-refractivity contribution is 7.25. The van der Waals surface area contributed by atoms with Crippen LogP contribution in [-0.2, 0) is 17.6 Å². The van der Waals surface area contributed by atoms with Crippen molar-refractivity contribution in [2.45, 2.75) is 38.6 Å². The lowest BCUT2D eigenvalue weighted by molar-refractivity contribution is -0.328. The third kappa shape index (κ3) is 3.00. The van der Waals surface area contributed by atoms with Crippen LogP contribution in [0.4, 0.5) is 11.6 Å². The van der Waals surface area contributed by atoms with Gasteiger partial charge in [-0.25, -0.2) is 15.0 Å². The van der Waals surface area contributed by atoms with Crippen molar-refractivity contribution in [3.63, 3.8) is 0 Å². The first-order valence-corrected chi connectivity index (χ1v) is 10.9. The number of aryl methyl sites for hydroxylation is 1. The maximum atomic E-state index is 9.42. The van der Waals surface area contributed by atoms with Crippen LogP contribution in [0.25, 0.3) is 20.4 Å². The second-order valence-electron chi connectivity index (χ2n) is 7.67. The van der Waals surface area contributed by atoms with Crippen LogP contribution < -0.4 is 15.2 Å². The number of nitrogens with one attached hydrogen (secondary N) is 2. The zero-order valence-corrected chi connectivity index (χ0v) is 16.9. The summed E-state index contributed by atoms with van der Waals surface area (Å²) in [5, 5.41) is 14.0. The zero-order valence-electron chi connectivity index (χ0n) is 16.1. The van der Waals surface area contributed by atoms with E-state index in [-0.39, 0.29) is 12.6 Å². The van der Waals surface area contributed by atoms with Crippen molar-refractivity contribution in [2.75, 3.05) is 43.1 Å². The van der Waals surface area contributed by atoms with Crippen LogP contribution in [0.5, 0.6) is 0 Å². The number of pyridine rings is 1. The summed E-state index contributed by atoms with van der Waals surface area (Å²) in [6.45, 7) is 5.45. The van der Waals surface area contributed by atoms with Gasteiger partial charge in [-0.3, -0.25) is 4.90 Å². The Morgan fingerprint density at radius 3 is 2.82 bits per heavy atom. The number of morpholine rings is 1. The van der Waals surface area contributed by atoms with Crippen molar-refractivity contribution in [3.8, 4) is 0 Å². The quantitative estimate of drug-likeness (QED) is 0.698. The third-order valence-electron chi connectivity index (χ3n) is 5.74. The first-order chi connectivity index (χ1) is 13.8. The highest BCUT2D eigenvalue weighted by Gasteiger charge is 2.30. The van der Waals surface area contributed by atoms with E-state index in [1.165, 1.54) is 35.2 Å². The molecule has 0 saturated carbocycles. The van der Waals surface area contributed by atoms with Gasteiger partial charge in [-0.15, -0.1) is 0 Å². The molecule has 3 aromatic heterocycles. The minimum Gasteiger partial charge on any atom is -0.394 e. The molecule has 1 fully saturated rings. The van der Waals surface area contributed by atoms with Gasteiger partial charge >= 0.3 is 0 Å². The molecule has 4 heterocycles. The number of anilines is 2. The van der Waals surface area contributed by atoms with Gasteiger partial charge in [-0.1, -0.05) is 11.3 Å². The predicted molar refractivity (Wildman–Crippen MR) is 111 cm³/mol. The van der Waals surface area contributed by atoms with E-state index in [1.54, 1.807) is 17.7 Å². The number of aliphatic hydroxyl groups excluding tert-OH is 1. The normalized spacial score (nSPS) is 18.4. The SMILES string of the molecule is C[C@@H](CO)Nc1ncnc2c1sc1[nH+]c(N3CCOCC3)c3c(c12)CCCC3. The molecule has 0 unspecified atom stereocenters. The van der Waals surface area contributed by atoms with Crippen molar-refractivity contribution in [2.24, 2.45) is 0 Å². The fourth-order valence-corrected chi connectivity index (χ4v) is 5.47. The summed E-state index contributed by atoms with van der Waals surface area (Å²) in [6, 6.07) is -0.0508. The summed E-state index contributed by atoms with van der Waals surface area (Å²) < 4.78 is 6.62. The Morgan fingerprint density at radius 2 is 2.04 bits per heavy atom. The molecule has 0 amide bonds. The average molecular weight is 401 g/mol. The van der Waals surface area contributed by atoms with E-state index in [1.807, 2.05) is 6.92 Å². The summed E-state index contributed by atoms with van der Waals surface area (Å²) in [7, 11) is 0. The number of fused-ring (bicyclic) bond motifs is 5. The molecule has 1 atom stereocenters. The Balaban J connectivity index is 1.72. The van der Waals surface area contributed by atoms with Gasteiger partial charge in [0, 0.05) is 11.6 Å². The van der Waals surface area contributed by atoms with Crippen molar-refractivity contribution in [3.05, 3.63) is 17.5 Å². The van der Waals surface area contributed by atoms with Crippen LogP contribution >= 0.6 is 11.3 Å². The number of rotatable bonds is 4. The van der Waals surface area contributed by atoms with Crippen LogP contribution in [0.2, 0.25) is 0 Å². The minimum atomic E-state index is -0.0508. The molecule has 0 aromatic carbocycles. The van der Waals surface area contributed by atoms with Gasteiger partial charge in [0.25, 0.3) is 5.82 Å². The number of aliphatic hydroxyl groups is 1.